The molecule has 14 nitrogen and oxygen atoms in total. The fourth-order valence-corrected chi connectivity index (χ4v) is 3.53. The van der Waals surface area contributed by atoms with Crippen LogP contribution in [0.25, 0.3) is 11.2 Å². The van der Waals surface area contributed by atoms with Crippen LogP contribution in [0.1, 0.15) is 13.2 Å². The molecule has 0 aliphatic carbocycles. The van der Waals surface area contributed by atoms with E-state index in [1.54, 1.807) is 0 Å². The van der Waals surface area contributed by atoms with Crippen LogP contribution in [0.4, 0.5) is 10.2 Å². The molecule has 3 rings (SSSR count). The number of aliphatic hydroxyl groups excluding tert-OH is 2. The molecule has 5 atom stereocenters. The number of carbonyl (C=O) groups is 1. The summed E-state index contributed by atoms with van der Waals surface area (Å²) in [5, 5.41) is 20.6. The summed E-state index contributed by atoms with van der Waals surface area (Å²) in [5.41, 5.74) is 5.49. The molecule has 166 valence electrons. The van der Waals surface area contributed by atoms with Gasteiger partial charge in [0.2, 0.25) is 0 Å². The minimum absolute atomic E-state index is 0.0327. The van der Waals surface area contributed by atoms with Crippen LogP contribution in [-0.2, 0) is 23.6 Å². The van der Waals surface area contributed by atoms with Gasteiger partial charge in [-0.05, 0) is 6.92 Å². The van der Waals surface area contributed by atoms with Gasteiger partial charge in [-0.1, -0.05) is 0 Å². The number of hydrogen-bond acceptors (Lipinski definition) is 11. The Bertz CT molecular complexity index is 984. The van der Waals surface area contributed by atoms with Gasteiger partial charge >= 0.3 is 19.6 Å². The van der Waals surface area contributed by atoms with Gasteiger partial charge < -0.3 is 39.9 Å². The average Bonchev–Trinajstić information content (AvgIpc) is 3.17. The average molecular weight is 451 g/mol. The maximum Gasteiger partial charge on any atom is 0.365 e. The van der Waals surface area contributed by atoms with E-state index in [-0.39, 0.29) is 23.6 Å². The second kappa shape index (κ2) is 8.47. The minimum Gasteiger partial charge on any atom is -0.464 e. The molecule has 2 aromatic heterocycles. The quantitative estimate of drug-likeness (QED) is 0.180. The zero-order chi connectivity index (χ0) is 22.2. The number of esters is 1. The lowest BCUT2D eigenvalue weighted by Crippen LogP contribution is -2.36. The lowest BCUT2D eigenvalue weighted by molar-refractivity contribution is -0.155. The number of imidazole rings is 1. The molecule has 0 aromatic carbocycles. The lowest BCUT2D eigenvalue weighted by Gasteiger charge is -2.20. The number of fused-ring (bicyclic) bond motifs is 1. The molecule has 0 bridgehead atoms. The number of rotatable bonds is 7. The summed E-state index contributed by atoms with van der Waals surface area (Å²) in [6, 6.07) is 0. The number of aromatic nitrogens is 4. The molecule has 2 aromatic rings. The molecule has 0 amide bonds. The van der Waals surface area contributed by atoms with E-state index in [4.69, 9.17) is 15.2 Å². The molecule has 0 spiro atoms. The number of halogens is 1. The Morgan fingerprint density at radius 1 is 1.40 bits per heavy atom. The molecule has 1 fully saturated rings. The van der Waals surface area contributed by atoms with Gasteiger partial charge in [-0.25, -0.2) is 9.78 Å². The highest BCUT2D eigenvalue weighted by Crippen LogP contribution is 2.43. The Kier molecular flexibility index (Phi) is 6.33. The van der Waals surface area contributed by atoms with Crippen molar-refractivity contribution in [1.82, 2.24) is 19.5 Å². The number of nitrogen functional groups attached to an aromatic ring is 1. The van der Waals surface area contributed by atoms with E-state index in [2.05, 4.69) is 19.7 Å². The van der Waals surface area contributed by atoms with E-state index in [0.717, 1.165) is 10.9 Å². The Morgan fingerprint density at radius 3 is 2.73 bits per heavy atom. The zero-order valence-electron chi connectivity index (χ0n) is 15.4. The number of carbonyl (C=O) groups excluding carboxylic acids is 1. The third-order valence-electron chi connectivity index (χ3n) is 4.24. The van der Waals surface area contributed by atoms with Gasteiger partial charge in [-0.15, -0.1) is 0 Å². The Labute approximate surface area is 167 Å². The van der Waals surface area contributed by atoms with Crippen LogP contribution in [0, 0.1) is 6.08 Å². The normalized spacial score (nSPS) is 25.5. The molecular weight excluding hydrogens is 432 g/mol. The van der Waals surface area contributed by atoms with Gasteiger partial charge in [-0.3, -0.25) is 9.13 Å². The summed E-state index contributed by atoms with van der Waals surface area (Å²) in [6.45, 7) is 0.618. The summed E-state index contributed by atoms with van der Waals surface area (Å²) in [4.78, 5) is 41.1. The van der Waals surface area contributed by atoms with E-state index in [9.17, 15) is 33.7 Å². The van der Waals surface area contributed by atoms with Crippen LogP contribution in [-0.4, -0.2) is 82.9 Å². The second-order valence-corrected chi connectivity index (χ2v) is 7.92. The van der Waals surface area contributed by atoms with Gasteiger partial charge in [0.1, 0.15) is 18.3 Å². The number of anilines is 1. The van der Waals surface area contributed by atoms with Gasteiger partial charge in [0.15, 0.2) is 23.2 Å². The van der Waals surface area contributed by atoms with E-state index < -0.39 is 56.6 Å². The second-order valence-electron chi connectivity index (χ2n) is 6.28. The molecule has 1 aliphatic rings. The maximum absolute atomic E-state index is 13.5. The number of ether oxygens (including phenoxy) is 3. The van der Waals surface area contributed by atoms with Crippen molar-refractivity contribution in [3.8, 4) is 0 Å². The highest BCUT2D eigenvalue weighted by atomic mass is 31.2. The molecule has 1 aliphatic heterocycles. The predicted molar refractivity (Wildman–Crippen MR) is 94.0 cm³/mol. The fourth-order valence-electron chi connectivity index (χ4n) is 2.90. The Balaban J connectivity index is 1.79. The molecule has 30 heavy (non-hydrogen) atoms. The maximum atomic E-state index is 13.5. The number of hydrogen-bond donors (Lipinski definition) is 5. The third kappa shape index (κ3) is 4.27. The monoisotopic (exact) mass is 451 g/mol. The first-order valence-electron chi connectivity index (χ1n) is 8.55. The number of aliphatic hydroxyl groups is 2. The summed E-state index contributed by atoms with van der Waals surface area (Å²) >= 11 is 0. The van der Waals surface area contributed by atoms with Crippen molar-refractivity contribution in [2.75, 3.05) is 18.9 Å². The summed E-state index contributed by atoms with van der Waals surface area (Å²) in [5.74, 6) is -3.78. The molecule has 3 heterocycles. The first-order chi connectivity index (χ1) is 14.0. The first kappa shape index (κ1) is 22.4. The summed E-state index contributed by atoms with van der Waals surface area (Å²) in [7, 11) is -5.04. The van der Waals surface area contributed by atoms with Crippen molar-refractivity contribution >= 4 is 30.5 Å². The van der Waals surface area contributed by atoms with E-state index >= 15 is 0 Å². The van der Waals surface area contributed by atoms with Crippen LogP contribution in [0.2, 0.25) is 0 Å². The largest absolute Gasteiger partial charge is 0.464 e. The van der Waals surface area contributed by atoms with Crippen molar-refractivity contribution in [2.45, 2.75) is 37.3 Å². The topological polar surface area (TPSA) is 212 Å². The SMILES string of the molecule is CCOC(=O)[C@@H](OC[C@H]1O[C@@H](n2cnc3c(N)nc(F)nc32)[C@H](O)[C@H]1O)P(=O)(O)O. The van der Waals surface area contributed by atoms with Crippen LogP contribution in [0.5, 0.6) is 0 Å². The highest BCUT2D eigenvalue weighted by Gasteiger charge is 2.46. The van der Waals surface area contributed by atoms with Gasteiger partial charge in [0, 0.05) is 0 Å². The fraction of sp³-hybridized carbons (Fsp3) is 0.571. The lowest BCUT2D eigenvalue weighted by atomic mass is 10.1. The molecular formula is C14H19FN5O9P. The third-order valence-corrected chi connectivity index (χ3v) is 5.22. The number of nitrogens with zero attached hydrogens (tertiary/aromatic N) is 4. The van der Waals surface area contributed by atoms with Crippen LogP contribution in [0.3, 0.4) is 0 Å². The van der Waals surface area contributed by atoms with E-state index in [1.807, 2.05) is 0 Å². The standard InChI is InChI=1S/C14H19FN5O9P/c1-2-27-12(23)13(30(24,25)26)28-3-5-7(21)8(22)11(29-5)20-4-17-6-9(16)18-14(15)19-10(6)20/h4-5,7-8,11,13,21-22H,2-3H2,1H3,(H2,16,18,19)(H2,24,25,26)/t5-,7+,8-,11-,13+/m1/s1. The predicted octanol–water partition coefficient (Wildman–Crippen LogP) is -1.75. The Morgan fingerprint density at radius 2 is 2.10 bits per heavy atom. The molecule has 16 heteroatoms. The molecule has 6 N–H and O–H groups in total. The van der Waals surface area contributed by atoms with Crippen LogP contribution in [0.15, 0.2) is 6.33 Å². The van der Waals surface area contributed by atoms with E-state index in [0.29, 0.717) is 0 Å². The molecule has 1 saturated heterocycles. The number of nitrogens with two attached hydrogens (primary N) is 1. The first-order valence-corrected chi connectivity index (χ1v) is 10.2. The highest BCUT2D eigenvalue weighted by molar-refractivity contribution is 7.53. The molecule has 0 radical (unpaired) electrons. The van der Waals surface area contributed by atoms with Crippen molar-refractivity contribution < 1.29 is 48.0 Å². The minimum atomic E-state index is -5.04. The van der Waals surface area contributed by atoms with Gasteiger partial charge in [0.05, 0.1) is 19.5 Å². The van der Waals surface area contributed by atoms with E-state index in [1.165, 1.54) is 6.92 Å². The van der Waals surface area contributed by atoms with Crippen molar-refractivity contribution in [2.24, 2.45) is 0 Å². The van der Waals surface area contributed by atoms with Crippen LogP contribution >= 0.6 is 7.60 Å². The summed E-state index contributed by atoms with van der Waals surface area (Å²) in [6.07, 6.45) is -5.80. The van der Waals surface area contributed by atoms with Crippen molar-refractivity contribution in [1.29, 1.82) is 0 Å². The van der Waals surface area contributed by atoms with Crippen molar-refractivity contribution in [3.05, 3.63) is 12.4 Å². The molecule has 0 unspecified atom stereocenters. The van der Waals surface area contributed by atoms with Crippen LogP contribution < -0.4 is 5.73 Å². The Hall–Kier alpha value is -2.26. The summed E-state index contributed by atoms with van der Waals surface area (Å²) < 4.78 is 41.1. The molecule has 0 saturated carbocycles. The van der Waals surface area contributed by atoms with Crippen molar-refractivity contribution in [3.63, 3.8) is 0 Å². The zero-order valence-corrected chi connectivity index (χ0v) is 16.3. The smallest absolute Gasteiger partial charge is 0.365 e. The van der Waals surface area contributed by atoms with Gasteiger partial charge in [-0.2, -0.15) is 14.4 Å². The van der Waals surface area contributed by atoms with Gasteiger partial charge in [0.25, 0.3) is 5.85 Å².